The number of aryl methyl sites for hydroxylation is 1. The Kier molecular flexibility index (Phi) is 9.95. The Morgan fingerprint density at radius 1 is 1.09 bits per heavy atom. The number of carbonyl (C=O) groups is 1. The smallest absolute Gasteiger partial charge is 0.309 e. The maximum atomic E-state index is 12.2. The number of esters is 1. The van der Waals surface area contributed by atoms with E-state index in [-0.39, 0.29) is 17.8 Å². The molecule has 0 saturated carbocycles. The summed E-state index contributed by atoms with van der Waals surface area (Å²) in [6.07, 6.45) is 6.65. The number of fused-ring (bicyclic) bond motifs is 1. The highest BCUT2D eigenvalue weighted by Gasteiger charge is 2.33. The van der Waals surface area contributed by atoms with E-state index < -0.39 is 0 Å². The summed E-state index contributed by atoms with van der Waals surface area (Å²) < 4.78 is 16.8. The summed E-state index contributed by atoms with van der Waals surface area (Å²) in [5, 5.41) is 0. The molecule has 1 aliphatic rings. The molecular formula is C30H39NO4. The van der Waals surface area contributed by atoms with E-state index in [1.807, 2.05) is 36.4 Å². The fraction of sp³-hybridized carbons (Fsp3) is 0.467. The van der Waals surface area contributed by atoms with E-state index in [0.29, 0.717) is 24.8 Å². The Hall–Kier alpha value is -3.08. The van der Waals surface area contributed by atoms with E-state index in [1.54, 1.807) is 7.11 Å². The second-order valence-electron chi connectivity index (χ2n) is 9.17. The number of allylic oxidation sites excluding steroid dienone is 1. The average molecular weight is 478 g/mol. The van der Waals surface area contributed by atoms with Crippen molar-refractivity contribution in [1.29, 1.82) is 0 Å². The summed E-state index contributed by atoms with van der Waals surface area (Å²) >= 11 is 0. The third-order valence-electron chi connectivity index (χ3n) is 6.88. The number of hydrogen-bond acceptors (Lipinski definition) is 5. The molecule has 3 atom stereocenters. The number of benzene rings is 2. The van der Waals surface area contributed by atoms with Gasteiger partial charge in [-0.3, -0.25) is 4.79 Å². The zero-order chi connectivity index (χ0) is 25.2. The molecule has 1 aliphatic carbocycles. The molecule has 0 bridgehead atoms. The molecule has 0 saturated heterocycles. The maximum absolute atomic E-state index is 12.2. The van der Waals surface area contributed by atoms with Crippen LogP contribution in [0.15, 0.2) is 65.3 Å². The first-order valence-electron chi connectivity index (χ1n) is 12.7. The summed E-state index contributed by atoms with van der Waals surface area (Å²) in [5.41, 5.74) is 4.44. The average Bonchev–Trinajstić information content (AvgIpc) is 3.30. The van der Waals surface area contributed by atoms with E-state index in [2.05, 4.69) is 39.0 Å². The fourth-order valence-corrected chi connectivity index (χ4v) is 4.74. The molecule has 2 aromatic rings. The van der Waals surface area contributed by atoms with Crippen LogP contribution in [0.1, 0.15) is 69.1 Å². The lowest BCUT2D eigenvalue weighted by atomic mass is 9.85. The van der Waals surface area contributed by atoms with Gasteiger partial charge in [-0.05, 0) is 66.5 Å². The highest BCUT2D eigenvalue weighted by atomic mass is 16.5. The normalized spacial score (nSPS) is 17.5. The lowest BCUT2D eigenvalue weighted by molar-refractivity contribution is -0.146. The van der Waals surface area contributed by atoms with E-state index in [1.165, 1.54) is 18.2 Å². The summed E-state index contributed by atoms with van der Waals surface area (Å²) in [4.78, 5) is 17.1. The summed E-state index contributed by atoms with van der Waals surface area (Å²) in [5.74, 6) is 1.91. The number of methoxy groups -OCH3 is 2. The molecule has 35 heavy (non-hydrogen) atoms. The van der Waals surface area contributed by atoms with Crippen LogP contribution in [0.3, 0.4) is 0 Å². The van der Waals surface area contributed by atoms with Crippen molar-refractivity contribution in [1.82, 2.24) is 0 Å². The van der Waals surface area contributed by atoms with Crippen LogP contribution in [-0.2, 0) is 20.7 Å². The number of hydrogen-bond donors (Lipinski definition) is 0. The number of aliphatic imine (C=N–C) groups is 1. The maximum Gasteiger partial charge on any atom is 0.309 e. The first-order chi connectivity index (χ1) is 17.0. The second kappa shape index (κ2) is 13.1. The molecule has 0 aromatic heterocycles. The fourth-order valence-electron chi connectivity index (χ4n) is 4.74. The van der Waals surface area contributed by atoms with Crippen LogP contribution in [0.5, 0.6) is 5.75 Å². The topological polar surface area (TPSA) is 57.1 Å². The van der Waals surface area contributed by atoms with Crippen molar-refractivity contribution < 1.29 is 19.0 Å². The summed E-state index contributed by atoms with van der Waals surface area (Å²) in [7, 11) is 3.13. The first-order valence-corrected chi connectivity index (χ1v) is 12.7. The number of ether oxygens (including phenoxy) is 3. The van der Waals surface area contributed by atoms with Crippen LogP contribution >= 0.6 is 0 Å². The third-order valence-corrected chi connectivity index (χ3v) is 6.88. The largest absolute Gasteiger partial charge is 0.493 e. The predicted octanol–water partition coefficient (Wildman–Crippen LogP) is 6.71. The highest BCUT2D eigenvalue weighted by molar-refractivity contribution is 5.94. The first kappa shape index (κ1) is 26.5. The molecule has 0 radical (unpaired) electrons. The van der Waals surface area contributed by atoms with E-state index in [9.17, 15) is 4.79 Å². The van der Waals surface area contributed by atoms with Gasteiger partial charge < -0.3 is 14.2 Å². The van der Waals surface area contributed by atoms with Gasteiger partial charge in [0.2, 0.25) is 5.90 Å². The molecule has 0 aliphatic heterocycles. The van der Waals surface area contributed by atoms with Crippen molar-refractivity contribution in [3.8, 4) is 5.75 Å². The Morgan fingerprint density at radius 3 is 2.51 bits per heavy atom. The minimum absolute atomic E-state index is 0.0845. The lowest BCUT2D eigenvalue weighted by Crippen LogP contribution is -2.21. The van der Waals surface area contributed by atoms with Crippen molar-refractivity contribution in [2.24, 2.45) is 16.8 Å². The molecule has 5 heteroatoms. The molecule has 0 amide bonds. The van der Waals surface area contributed by atoms with Gasteiger partial charge >= 0.3 is 5.97 Å². The molecule has 0 fully saturated rings. The van der Waals surface area contributed by atoms with E-state index in [4.69, 9.17) is 19.2 Å². The minimum Gasteiger partial charge on any atom is -0.493 e. The summed E-state index contributed by atoms with van der Waals surface area (Å²) in [6.45, 7) is 6.95. The minimum atomic E-state index is -0.113. The molecule has 2 aromatic carbocycles. The molecular weight excluding hydrogens is 438 g/mol. The molecule has 0 spiro atoms. The molecule has 3 unspecified atom stereocenters. The molecule has 3 rings (SSSR count). The highest BCUT2D eigenvalue weighted by Crippen LogP contribution is 2.41. The number of carbonyl (C=O) groups excluding carboxylic acids is 1. The van der Waals surface area contributed by atoms with Crippen molar-refractivity contribution in [3.63, 3.8) is 0 Å². The lowest BCUT2D eigenvalue weighted by Gasteiger charge is -2.21. The van der Waals surface area contributed by atoms with Gasteiger partial charge in [-0.1, -0.05) is 57.5 Å². The zero-order valence-corrected chi connectivity index (χ0v) is 21.8. The Balaban J connectivity index is 1.69. The van der Waals surface area contributed by atoms with E-state index in [0.717, 1.165) is 42.7 Å². The number of nitrogens with zero attached hydrogens (tertiary/aromatic N) is 1. The van der Waals surface area contributed by atoms with Gasteiger partial charge in [0, 0.05) is 17.7 Å². The SMILES string of the molecule is CCC(C)/C=C(\CCOc1ccc2c(c1)CCC2C(CC)C(=O)OC)N=C(OC)c1ccccc1. The Morgan fingerprint density at radius 2 is 1.86 bits per heavy atom. The van der Waals surface area contributed by atoms with Gasteiger partial charge in [-0.25, -0.2) is 4.99 Å². The quantitative estimate of drug-likeness (QED) is 0.205. The second-order valence-corrected chi connectivity index (χ2v) is 9.17. The van der Waals surface area contributed by atoms with Gasteiger partial charge in [-0.15, -0.1) is 0 Å². The molecule has 188 valence electrons. The van der Waals surface area contributed by atoms with Crippen LogP contribution in [0, 0.1) is 11.8 Å². The van der Waals surface area contributed by atoms with Crippen molar-refractivity contribution in [2.45, 2.75) is 58.8 Å². The Labute approximate surface area is 210 Å². The standard InChI is InChI=1S/C30H39NO4/c1-6-21(3)19-24(31-29(33-4)22-11-9-8-10-12-22)17-18-35-25-14-16-27-23(20-25)13-15-28(27)26(7-2)30(32)34-5/h8-12,14,16,19-21,26,28H,6-7,13,15,17-18H2,1-5H3/b24-19+,31-29?. The van der Waals surface area contributed by atoms with Crippen LogP contribution in [0.4, 0.5) is 0 Å². The van der Waals surface area contributed by atoms with Crippen molar-refractivity contribution >= 4 is 11.9 Å². The monoisotopic (exact) mass is 477 g/mol. The third kappa shape index (κ3) is 6.97. The zero-order valence-electron chi connectivity index (χ0n) is 21.8. The predicted molar refractivity (Wildman–Crippen MR) is 141 cm³/mol. The molecule has 5 nitrogen and oxygen atoms in total. The van der Waals surface area contributed by atoms with Gasteiger partial charge in [0.15, 0.2) is 0 Å². The van der Waals surface area contributed by atoms with Gasteiger partial charge in [0.25, 0.3) is 0 Å². The van der Waals surface area contributed by atoms with Gasteiger partial charge in [0.1, 0.15) is 5.75 Å². The molecule has 0 heterocycles. The van der Waals surface area contributed by atoms with Gasteiger partial charge in [-0.2, -0.15) is 0 Å². The van der Waals surface area contributed by atoms with Crippen LogP contribution in [0.2, 0.25) is 0 Å². The number of rotatable bonds is 11. The van der Waals surface area contributed by atoms with Crippen molar-refractivity contribution in [3.05, 3.63) is 77.0 Å². The van der Waals surface area contributed by atoms with Crippen molar-refractivity contribution in [2.75, 3.05) is 20.8 Å². The van der Waals surface area contributed by atoms with Crippen LogP contribution in [-0.4, -0.2) is 32.7 Å². The summed E-state index contributed by atoms with van der Waals surface area (Å²) in [6, 6.07) is 16.2. The Bertz CT molecular complexity index is 1030. The molecule has 0 N–H and O–H groups in total. The van der Waals surface area contributed by atoms with Gasteiger partial charge in [0.05, 0.1) is 26.7 Å². The van der Waals surface area contributed by atoms with E-state index >= 15 is 0 Å². The van der Waals surface area contributed by atoms with Crippen LogP contribution < -0.4 is 4.74 Å². The van der Waals surface area contributed by atoms with Crippen LogP contribution in [0.25, 0.3) is 0 Å².